The Balaban J connectivity index is 1.65. The maximum absolute atomic E-state index is 12.7. The van der Waals surface area contributed by atoms with Gasteiger partial charge in [-0.15, -0.1) is 0 Å². The lowest BCUT2D eigenvalue weighted by molar-refractivity contribution is -0.116. The van der Waals surface area contributed by atoms with Gasteiger partial charge in [-0.3, -0.25) is 14.3 Å². The molecular formula is C22H24N4O4S. The number of amides is 2. The van der Waals surface area contributed by atoms with Gasteiger partial charge in [-0.05, 0) is 42.3 Å². The molecule has 0 aliphatic carbocycles. The molecule has 3 aromatic rings. The largest absolute Gasteiger partial charge is 0.348 e. The Kier molecular flexibility index (Phi) is 7.19. The number of anilines is 1. The van der Waals surface area contributed by atoms with Crippen molar-refractivity contribution >= 4 is 27.3 Å². The molecule has 1 heterocycles. The second kappa shape index (κ2) is 10.0. The van der Waals surface area contributed by atoms with Crippen LogP contribution in [0.1, 0.15) is 29.3 Å². The molecule has 0 bridgehead atoms. The highest BCUT2D eigenvalue weighted by molar-refractivity contribution is 7.91. The molecule has 1 aromatic heterocycles. The zero-order chi connectivity index (χ0) is 22.3. The van der Waals surface area contributed by atoms with Gasteiger partial charge in [0.25, 0.3) is 5.91 Å². The molecule has 8 nitrogen and oxygen atoms in total. The third-order valence-electron chi connectivity index (χ3n) is 4.47. The van der Waals surface area contributed by atoms with E-state index in [1.165, 1.54) is 16.8 Å². The first-order chi connectivity index (χ1) is 14.9. The topological polar surface area (TPSA) is 110 Å². The molecule has 0 unspecified atom stereocenters. The average molecular weight is 441 g/mol. The van der Waals surface area contributed by atoms with Crippen molar-refractivity contribution in [2.24, 2.45) is 0 Å². The predicted molar refractivity (Wildman–Crippen MR) is 117 cm³/mol. The van der Waals surface area contributed by atoms with Gasteiger partial charge in [-0.2, -0.15) is 5.10 Å². The molecule has 0 spiro atoms. The number of carbonyl (C=O) groups is 2. The van der Waals surface area contributed by atoms with Gasteiger partial charge in [0.05, 0.1) is 16.2 Å². The summed E-state index contributed by atoms with van der Waals surface area (Å²) in [5.41, 5.74) is 1.48. The number of benzene rings is 2. The first kappa shape index (κ1) is 22.2. The summed E-state index contributed by atoms with van der Waals surface area (Å²) in [7, 11) is -3.53. The monoisotopic (exact) mass is 440 g/mol. The second-order valence-corrected chi connectivity index (χ2v) is 9.03. The van der Waals surface area contributed by atoms with Crippen LogP contribution in [0.2, 0.25) is 0 Å². The number of aromatic nitrogens is 2. The molecule has 31 heavy (non-hydrogen) atoms. The fourth-order valence-corrected chi connectivity index (χ4v) is 4.62. The van der Waals surface area contributed by atoms with E-state index in [2.05, 4.69) is 15.7 Å². The van der Waals surface area contributed by atoms with E-state index in [4.69, 9.17) is 0 Å². The summed E-state index contributed by atoms with van der Waals surface area (Å²) in [4.78, 5) is 24.8. The molecule has 0 radical (unpaired) electrons. The Morgan fingerprint density at radius 1 is 1.06 bits per heavy atom. The maximum atomic E-state index is 12.7. The van der Waals surface area contributed by atoms with Crippen LogP contribution in [0.15, 0.2) is 71.9 Å². The zero-order valence-corrected chi connectivity index (χ0v) is 17.9. The lowest BCUT2D eigenvalue weighted by atomic mass is 10.1. The van der Waals surface area contributed by atoms with Crippen molar-refractivity contribution in [3.05, 3.63) is 78.1 Å². The predicted octanol–water partition coefficient (Wildman–Crippen LogP) is 2.64. The fourth-order valence-electron chi connectivity index (χ4n) is 3.08. The van der Waals surface area contributed by atoms with Crippen LogP contribution in [0.5, 0.6) is 0 Å². The molecular weight excluding hydrogens is 416 g/mol. The van der Waals surface area contributed by atoms with Crippen molar-refractivity contribution in [2.75, 3.05) is 11.1 Å². The molecule has 2 N–H and O–H groups in total. The lowest BCUT2D eigenvalue weighted by Crippen LogP contribution is -2.25. The summed E-state index contributed by atoms with van der Waals surface area (Å²) in [6.45, 7) is 2.06. The molecule has 9 heteroatoms. The van der Waals surface area contributed by atoms with Gasteiger partial charge >= 0.3 is 0 Å². The standard InChI is InChI=1S/C22H24N4O4S/c1-2-13-31(29,30)20-10-4-3-9-19(20)22(28)23-15-17-7-5-8-18(14-17)25-21(27)16-26-12-6-11-24-26/h3-12,14H,2,13,15-16H2,1H3,(H,23,28)(H,25,27). The molecule has 0 saturated carbocycles. The third kappa shape index (κ3) is 6.02. The van der Waals surface area contributed by atoms with Gasteiger partial charge < -0.3 is 10.6 Å². The number of nitrogens with zero attached hydrogens (tertiary/aromatic N) is 2. The smallest absolute Gasteiger partial charge is 0.252 e. The van der Waals surface area contributed by atoms with Crippen LogP contribution in [-0.4, -0.2) is 35.8 Å². The van der Waals surface area contributed by atoms with Crippen molar-refractivity contribution in [3.63, 3.8) is 0 Å². The maximum Gasteiger partial charge on any atom is 0.252 e. The van der Waals surface area contributed by atoms with Crippen LogP contribution < -0.4 is 10.6 Å². The minimum Gasteiger partial charge on any atom is -0.348 e. The highest BCUT2D eigenvalue weighted by Gasteiger charge is 2.21. The Hall–Kier alpha value is -3.46. The summed E-state index contributed by atoms with van der Waals surface area (Å²) in [5.74, 6) is -0.708. The van der Waals surface area contributed by atoms with Gasteiger partial charge in [0.1, 0.15) is 6.54 Å². The van der Waals surface area contributed by atoms with E-state index in [0.717, 1.165) is 5.56 Å². The van der Waals surface area contributed by atoms with Crippen molar-refractivity contribution in [1.82, 2.24) is 15.1 Å². The van der Waals surface area contributed by atoms with E-state index >= 15 is 0 Å². The summed E-state index contributed by atoms with van der Waals surface area (Å²) >= 11 is 0. The van der Waals surface area contributed by atoms with Gasteiger partial charge in [0.2, 0.25) is 5.91 Å². The molecule has 3 rings (SSSR count). The Morgan fingerprint density at radius 2 is 1.87 bits per heavy atom. The molecule has 0 aliphatic heterocycles. The SMILES string of the molecule is CCCS(=O)(=O)c1ccccc1C(=O)NCc1cccc(NC(=O)Cn2cccn2)c1. The number of hydrogen-bond donors (Lipinski definition) is 2. The van der Waals surface area contributed by atoms with Crippen LogP contribution in [-0.2, 0) is 27.7 Å². The fraction of sp³-hybridized carbons (Fsp3) is 0.227. The summed E-state index contributed by atoms with van der Waals surface area (Å²) in [5, 5.41) is 9.54. The van der Waals surface area contributed by atoms with Crippen LogP contribution in [0.25, 0.3) is 0 Å². The Bertz CT molecular complexity index is 1160. The minimum absolute atomic E-state index is 0.0163. The van der Waals surface area contributed by atoms with Crippen LogP contribution in [0.4, 0.5) is 5.69 Å². The van der Waals surface area contributed by atoms with Crippen LogP contribution >= 0.6 is 0 Å². The van der Waals surface area contributed by atoms with Crippen LogP contribution in [0.3, 0.4) is 0 Å². The molecule has 2 amide bonds. The highest BCUT2D eigenvalue weighted by atomic mass is 32.2. The third-order valence-corrected chi connectivity index (χ3v) is 6.44. The summed E-state index contributed by atoms with van der Waals surface area (Å²) in [6, 6.07) is 15.0. The average Bonchev–Trinajstić information content (AvgIpc) is 3.25. The van der Waals surface area contributed by atoms with E-state index in [1.54, 1.807) is 55.7 Å². The zero-order valence-electron chi connectivity index (χ0n) is 17.1. The summed E-state index contributed by atoms with van der Waals surface area (Å²) in [6.07, 6.45) is 3.77. The van der Waals surface area contributed by atoms with E-state index in [-0.39, 0.29) is 35.2 Å². The molecule has 0 atom stereocenters. The van der Waals surface area contributed by atoms with E-state index in [9.17, 15) is 18.0 Å². The molecule has 0 fully saturated rings. The van der Waals surface area contributed by atoms with Gasteiger partial charge in [-0.25, -0.2) is 8.42 Å². The molecule has 0 saturated heterocycles. The quantitative estimate of drug-likeness (QED) is 0.532. The van der Waals surface area contributed by atoms with Crippen molar-refractivity contribution in [1.29, 1.82) is 0 Å². The van der Waals surface area contributed by atoms with Crippen molar-refractivity contribution in [2.45, 2.75) is 31.3 Å². The second-order valence-electron chi connectivity index (χ2n) is 6.95. The number of carbonyl (C=O) groups excluding carboxylic acids is 2. The van der Waals surface area contributed by atoms with Gasteiger partial charge in [-0.1, -0.05) is 31.2 Å². The number of nitrogens with one attached hydrogen (secondary N) is 2. The first-order valence-electron chi connectivity index (χ1n) is 9.85. The van der Waals surface area contributed by atoms with Crippen molar-refractivity contribution < 1.29 is 18.0 Å². The normalized spacial score (nSPS) is 11.1. The van der Waals surface area contributed by atoms with E-state index in [1.807, 2.05) is 6.07 Å². The van der Waals surface area contributed by atoms with Gasteiger partial charge in [0.15, 0.2) is 9.84 Å². The number of rotatable bonds is 9. The number of hydrogen-bond acceptors (Lipinski definition) is 5. The van der Waals surface area contributed by atoms with Crippen LogP contribution in [0, 0.1) is 0 Å². The molecule has 2 aromatic carbocycles. The highest BCUT2D eigenvalue weighted by Crippen LogP contribution is 2.18. The Labute approximate surface area is 181 Å². The van der Waals surface area contributed by atoms with E-state index < -0.39 is 15.7 Å². The van der Waals surface area contributed by atoms with Gasteiger partial charge in [0, 0.05) is 24.6 Å². The Morgan fingerprint density at radius 3 is 2.61 bits per heavy atom. The minimum atomic E-state index is -3.53. The number of sulfone groups is 1. The first-order valence-corrected chi connectivity index (χ1v) is 11.5. The van der Waals surface area contributed by atoms with Crippen molar-refractivity contribution in [3.8, 4) is 0 Å². The lowest BCUT2D eigenvalue weighted by Gasteiger charge is -2.11. The molecule has 0 aliphatic rings. The molecule has 162 valence electrons. The van der Waals surface area contributed by atoms with E-state index in [0.29, 0.717) is 12.1 Å². The summed E-state index contributed by atoms with van der Waals surface area (Å²) < 4.78 is 26.5.